The fourth-order valence-corrected chi connectivity index (χ4v) is 4.46. The molecule has 8 heteroatoms. The van der Waals surface area contributed by atoms with Crippen molar-refractivity contribution in [3.8, 4) is 11.8 Å². The Kier molecular flexibility index (Phi) is 7.72. The number of carbonyl (C=O) groups is 1. The Morgan fingerprint density at radius 3 is 2.31 bits per heavy atom. The lowest BCUT2D eigenvalue weighted by molar-refractivity contribution is -0.254. The van der Waals surface area contributed by atoms with E-state index in [9.17, 15) is 4.79 Å². The van der Waals surface area contributed by atoms with Gasteiger partial charge >= 0.3 is 6.09 Å². The first-order valence-corrected chi connectivity index (χ1v) is 12.3. The molecule has 0 saturated carbocycles. The molecule has 192 valence electrons. The highest BCUT2D eigenvalue weighted by Crippen LogP contribution is 2.36. The molecule has 0 bridgehead atoms. The maximum Gasteiger partial charge on any atom is 0.410 e. The molecule has 0 unspecified atom stereocenters. The molecule has 2 saturated heterocycles. The van der Waals surface area contributed by atoms with Gasteiger partial charge in [-0.1, -0.05) is 12.1 Å². The summed E-state index contributed by atoms with van der Waals surface area (Å²) in [5.74, 6) is 0.822. The van der Waals surface area contributed by atoms with Crippen LogP contribution in [-0.2, 0) is 20.8 Å². The van der Waals surface area contributed by atoms with Gasteiger partial charge in [-0.2, -0.15) is 5.26 Å². The largest absolute Gasteiger partial charge is 0.497 e. The van der Waals surface area contributed by atoms with Gasteiger partial charge in [-0.25, -0.2) is 4.79 Å². The van der Waals surface area contributed by atoms with Crippen molar-refractivity contribution < 1.29 is 23.7 Å². The van der Waals surface area contributed by atoms with Crippen molar-refractivity contribution in [3.63, 3.8) is 0 Å². The SMILES string of the molecule is COc1ccc(CN(CCC2OCC3(CO2)CN(C(=O)OC(C)(C)C)C3)c2ccc(C#N)cc2)cc1. The van der Waals surface area contributed by atoms with Crippen molar-refractivity contribution in [1.82, 2.24) is 4.90 Å². The second kappa shape index (κ2) is 10.8. The van der Waals surface area contributed by atoms with E-state index in [-0.39, 0.29) is 17.8 Å². The molecule has 1 amide bonds. The molecule has 0 N–H and O–H groups in total. The minimum absolute atomic E-state index is 0.149. The first kappa shape index (κ1) is 25.8. The summed E-state index contributed by atoms with van der Waals surface area (Å²) in [6.07, 6.45) is 0.108. The number of ether oxygens (including phenoxy) is 4. The van der Waals surface area contributed by atoms with Crippen LogP contribution >= 0.6 is 0 Å². The van der Waals surface area contributed by atoms with Gasteiger partial charge in [-0.15, -0.1) is 0 Å². The van der Waals surface area contributed by atoms with Gasteiger partial charge in [0.1, 0.15) is 11.4 Å². The average Bonchev–Trinajstić information content (AvgIpc) is 2.85. The van der Waals surface area contributed by atoms with E-state index in [1.54, 1.807) is 12.0 Å². The van der Waals surface area contributed by atoms with Crippen molar-refractivity contribution in [2.45, 2.75) is 45.6 Å². The number of carbonyl (C=O) groups excluding carboxylic acids is 1. The Morgan fingerprint density at radius 1 is 1.11 bits per heavy atom. The quantitative estimate of drug-likeness (QED) is 0.558. The summed E-state index contributed by atoms with van der Waals surface area (Å²) in [6.45, 7) is 9.33. The van der Waals surface area contributed by atoms with Crippen LogP contribution < -0.4 is 9.64 Å². The number of likely N-dealkylation sites (tertiary alicyclic amines) is 1. The van der Waals surface area contributed by atoms with E-state index >= 15 is 0 Å². The van der Waals surface area contributed by atoms with E-state index in [0.717, 1.165) is 23.5 Å². The topological polar surface area (TPSA) is 84.3 Å². The first-order valence-electron chi connectivity index (χ1n) is 12.3. The third-order valence-electron chi connectivity index (χ3n) is 6.38. The van der Waals surface area contributed by atoms with Crippen molar-refractivity contribution in [3.05, 3.63) is 59.7 Å². The summed E-state index contributed by atoms with van der Waals surface area (Å²) in [7, 11) is 1.66. The van der Waals surface area contributed by atoms with Crippen molar-refractivity contribution in [2.75, 3.05) is 44.9 Å². The third-order valence-corrected chi connectivity index (χ3v) is 6.38. The number of rotatable bonds is 7. The molecule has 8 nitrogen and oxygen atoms in total. The van der Waals surface area contributed by atoms with Gasteiger partial charge < -0.3 is 28.7 Å². The number of nitrogens with zero attached hydrogens (tertiary/aromatic N) is 3. The van der Waals surface area contributed by atoms with Crippen LogP contribution in [0.5, 0.6) is 5.75 Å². The number of amides is 1. The summed E-state index contributed by atoms with van der Waals surface area (Å²) in [5.41, 5.74) is 2.17. The lowest BCUT2D eigenvalue weighted by atomic mass is 9.81. The van der Waals surface area contributed by atoms with Crippen LogP contribution in [0.25, 0.3) is 0 Å². The van der Waals surface area contributed by atoms with Crippen LogP contribution in [0.3, 0.4) is 0 Å². The monoisotopic (exact) mass is 493 g/mol. The highest BCUT2D eigenvalue weighted by Gasteiger charge is 2.49. The molecule has 2 aliphatic rings. The Balaban J connectivity index is 1.31. The van der Waals surface area contributed by atoms with Gasteiger partial charge in [-0.05, 0) is 62.7 Å². The fraction of sp³-hybridized carbons (Fsp3) is 0.500. The Bertz CT molecular complexity index is 1060. The molecule has 4 rings (SSSR count). The molecule has 1 spiro atoms. The van der Waals surface area contributed by atoms with Crippen LogP contribution in [0.4, 0.5) is 10.5 Å². The van der Waals surface area contributed by atoms with Gasteiger partial charge in [-0.3, -0.25) is 0 Å². The van der Waals surface area contributed by atoms with Crippen molar-refractivity contribution in [1.29, 1.82) is 5.26 Å². The molecule has 36 heavy (non-hydrogen) atoms. The highest BCUT2D eigenvalue weighted by molar-refractivity contribution is 5.69. The zero-order chi connectivity index (χ0) is 25.8. The normalized spacial score (nSPS) is 17.2. The van der Waals surface area contributed by atoms with E-state index in [2.05, 4.69) is 23.1 Å². The third kappa shape index (κ3) is 6.48. The van der Waals surface area contributed by atoms with Gasteiger partial charge in [0.2, 0.25) is 0 Å². The van der Waals surface area contributed by atoms with Crippen LogP contribution in [0.2, 0.25) is 0 Å². The average molecular weight is 494 g/mol. The predicted octanol–water partition coefficient (Wildman–Crippen LogP) is 4.57. The molecule has 0 aliphatic carbocycles. The number of hydrogen-bond donors (Lipinski definition) is 0. The summed E-state index contributed by atoms with van der Waals surface area (Å²) in [4.78, 5) is 16.2. The Labute approximate surface area is 213 Å². The number of nitriles is 1. The van der Waals surface area contributed by atoms with Crippen LogP contribution in [0.1, 0.15) is 38.3 Å². The molecule has 2 aromatic carbocycles. The van der Waals surface area contributed by atoms with E-state index < -0.39 is 5.60 Å². The van der Waals surface area contributed by atoms with E-state index in [0.29, 0.717) is 44.8 Å². The lowest BCUT2D eigenvalue weighted by Crippen LogP contribution is -2.65. The van der Waals surface area contributed by atoms with E-state index in [4.69, 9.17) is 24.2 Å². The zero-order valence-corrected chi connectivity index (χ0v) is 21.5. The van der Waals surface area contributed by atoms with E-state index in [1.165, 1.54) is 0 Å². The van der Waals surface area contributed by atoms with Gasteiger partial charge in [0.15, 0.2) is 6.29 Å². The molecule has 0 aromatic heterocycles. The van der Waals surface area contributed by atoms with Crippen LogP contribution in [-0.4, -0.2) is 62.8 Å². The smallest absolute Gasteiger partial charge is 0.410 e. The minimum Gasteiger partial charge on any atom is -0.497 e. The highest BCUT2D eigenvalue weighted by atomic mass is 16.7. The number of anilines is 1. The van der Waals surface area contributed by atoms with Crippen molar-refractivity contribution >= 4 is 11.8 Å². The number of methoxy groups -OCH3 is 1. The van der Waals surface area contributed by atoms with Crippen molar-refractivity contribution in [2.24, 2.45) is 5.41 Å². The van der Waals surface area contributed by atoms with Crippen LogP contribution in [0, 0.1) is 16.7 Å². The second-order valence-corrected chi connectivity index (χ2v) is 10.6. The lowest BCUT2D eigenvalue weighted by Gasteiger charge is -2.52. The number of benzene rings is 2. The Morgan fingerprint density at radius 2 is 1.75 bits per heavy atom. The zero-order valence-electron chi connectivity index (χ0n) is 21.5. The van der Waals surface area contributed by atoms with Gasteiger partial charge in [0.25, 0.3) is 0 Å². The molecule has 2 aliphatic heterocycles. The van der Waals surface area contributed by atoms with E-state index in [1.807, 2.05) is 57.2 Å². The molecule has 2 aromatic rings. The maximum atomic E-state index is 12.3. The number of hydrogen-bond acceptors (Lipinski definition) is 7. The summed E-state index contributed by atoms with van der Waals surface area (Å²) in [5, 5.41) is 9.15. The summed E-state index contributed by atoms with van der Waals surface area (Å²) in [6, 6.07) is 17.8. The Hall–Kier alpha value is -3.28. The fourth-order valence-electron chi connectivity index (χ4n) is 4.46. The van der Waals surface area contributed by atoms with Gasteiger partial charge in [0.05, 0.1) is 37.4 Å². The summed E-state index contributed by atoms with van der Waals surface area (Å²) >= 11 is 0. The van der Waals surface area contributed by atoms with Crippen LogP contribution in [0.15, 0.2) is 48.5 Å². The molecule has 0 atom stereocenters. The molecular weight excluding hydrogens is 458 g/mol. The standard InChI is InChI=1S/C28H35N3O5/c1-27(2,3)36-26(32)31-17-28(18-31)19-34-25(35-20-28)13-14-30(23-9-5-21(15-29)6-10-23)16-22-7-11-24(33-4)12-8-22/h5-12,25H,13-14,16-20H2,1-4H3. The molecular formula is C28H35N3O5. The first-order chi connectivity index (χ1) is 17.2. The second-order valence-electron chi connectivity index (χ2n) is 10.6. The predicted molar refractivity (Wildman–Crippen MR) is 136 cm³/mol. The molecule has 0 radical (unpaired) electrons. The maximum absolute atomic E-state index is 12.3. The molecule has 2 heterocycles. The summed E-state index contributed by atoms with van der Waals surface area (Å²) < 4.78 is 22.9. The minimum atomic E-state index is -0.503. The van der Waals surface area contributed by atoms with Gasteiger partial charge in [0, 0.05) is 38.3 Å². The molecule has 2 fully saturated rings.